The molecule has 0 radical (unpaired) electrons. The molecule has 1 aliphatic rings. The molecule has 0 spiro atoms. The average molecular weight is 336 g/mol. The van der Waals surface area contributed by atoms with Crippen LogP contribution in [0.2, 0.25) is 0 Å². The van der Waals surface area contributed by atoms with Gasteiger partial charge in [-0.05, 0) is 51.0 Å². The van der Waals surface area contributed by atoms with Crippen LogP contribution in [-0.4, -0.2) is 44.7 Å². The average Bonchev–Trinajstić information content (AvgIpc) is 3.06. The first kappa shape index (κ1) is 16.1. The highest BCUT2D eigenvalue weighted by atomic mass is 16.5. The number of rotatable bonds is 4. The second-order valence-electron chi connectivity index (χ2n) is 6.95. The van der Waals surface area contributed by atoms with Crippen molar-refractivity contribution in [2.24, 2.45) is 0 Å². The lowest BCUT2D eigenvalue weighted by Crippen LogP contribution is -2.41. The van der Waals surface area contributed by atoms with E-state index in [2.05, 4.69) is 57.5 Å². The predicted octanol–water partition coefficient (Wildman–Crippen LogP) is 3.67. The van der Waals surface area contributed by atoms with Crippen LogP contribution in [0.4, 0.5) is 0 Å². The van der Waals surface area contributed by atoms with Gasteiger partial charge >= 0.3 is 0 Å². The van der Waals surface area contributed by atoms with Gasteiger partial charge in [0, 0.05) is 30.7 Å². The molecule has 0 bridgehead atoms. The van der Waals surface area contributed by atoms with E-state index < -0.39 is 0 Å². The summed E-state index contributed by atoms with van der Waals surface area (Å²) in [6, 6.07) is 9.04. The van der Waals surface area contributed by atoms with Crippen molar-refractivity contribution in [2.45, 2.75) is 38.8 Å². The summed E-state index contributed by atoms with van der Waals surface area (Å²) < 4.78 is 8.34. The number of benzene rings is 1. The maximum atomic E-state index is 6.25. The number of fused-ring (bicyclic) bond motifs is 1. The molecule has 0 saturated carbocycles. The maximum absolute atomic E-state index is 6.25. The van der Waals surface area contributed by atoms with Gasteiger partial charge in [0.25, 0.3) is 0 Å². The fourth-order valence-electron chi connectivity index (χ4n) is 3.54. The quantitative estimate of drug-likeness (QED) is 0.729. The number of aromatic nitrogens is 3. The second kappa shape index (κ2) is 6.84. The summed E-state index contributed by atoms with van der Waals surface area (Å²) in [5, 5.41) is 1.17. The van der Waals surface area contributed by atoms with Crippen molar-refractivity contribution in [3.05, 3.63) is 49.2 Å². The first-order valence-electron chi connectivity index (χ1n) is 8.98. The Kier molecular flexibility index (Phi) is 4.40. The molecule has 4 rings (SSSR count). The first-order chi connectivity index (χ1) is 12.2. The Bertz CT molecular complexity index is 835. The minimum Gasteiger partial charge on any atom is -0.490 e. The molecular weight excluding hydrogens is 312 g/mol. The van der Waals surface area contributed by atoms with Crippen molar-refractivity contribution in [3.63, 3.8) is 0 Å². The normalized spacial score (nSPS) is 16.6. The third kappa shape index (κ3) is 3.37. The van der Waals surface area contributed by atoms with Gasteiger partial charge in [0.15, 0.2) is 0 Å². The topological polar surface area (TPSA) is 43.2 Å². The van der Waals surface area contributed by atoms with E-state index in [1.807, 2.05) is 18.6 Å². The molecule has 0 N–H and O–H groups in total. The second-order valence-corrected chi connectivity index (χ2v) is 6.95. The van der Waals surface area contributed by atoms with Crippen LogP contribution >= 0.6 is 0 Å². The van der Waals surface area contributed by atoms with Crippen molar-refractivity contribution < 1.29 is 4.74 Å². The van der Waals surface area contributed by atoms with Crippen LogP contribution in [0.15, 0.2) is 49.2 Å². The molecule has 1 saturated heterocycles. The molecule has 0 unspecified atom stereocenters. The van der Waals surface area contributed by atoms with Crippen LogP contribution in [0.3, 0.4) is 0 Å². The van der Waals surface area contributed by atoms with Gasteiger partial charge in [-0.15, -0.1) is 0 Å². The molecule has 1 aromatic carbocycles. The van der Waals surface area contributed by atoms with Crippen molar-refractivity contribution in [1.29, 1.82) is 0 Å². The summed E-state index contributed by atoms with van der Waals surface area (Å²) in [7, 11) is 0. The largest absolute Gasteiger partial charge is 0.490 e. The van der Waals surface area contributed by atoms with E-state index in [1.165, 1.54) is 5.39 Å². The van der Waals surface area contributed by atoms with E-state index in [4.69, 9.17) is 4.74 Å². The minimum absolute atomic E-state index is 0.317. The van der Waals surface area contributed by atoms with E-state index in [1.54, 1.807) is 6.33 Å². The lowest BCUT2D eigenvalue weighted by molar-refractivity contribution is 0.0844. The third-order valence-electron chi connectivity index (χ3n) is 5.00. The lowest BCUT2D eigenvalue weighted by Gasteiger charge is -2.34. The molecule has 1 aliphatic heterocycles. The van der Waals surface area contributed by atoms with Crippen LogP contribution in [0.1, 0.15) is 26.7 Å². The molecule has 1 fully saturated rings. The summed E-state index contributed by atoms with van der Waals surface area (Å²) in [4.78, 5) is 10.7. The standard InChI is InChI=1S/C20H24N4O/c1-15(2)23-8-6-18(7-9-23)25-19-3-4-20-16(11-19)5-10-24(20)17-12-21-14-22-13-17/h3-5,10-15,18H,6-9H2,1-2H3. The Balaban J connectivity index is 1.49. The monoisotopic (exact) mass is 336 g/mol. The highest BCUT2D eigenvalue weighted by Crippen LogP contribution is 2.26. The molecule has 130 valence electrons. The smallest absolute Gasteiger partial charge is 0.120 e. The van der Waals surface area contributed by atoms with E-state index >= 15 is 0 Å². The molecule has 5 heteroatoms. The fourth-order valence-corrected chi connectivity index (χ4v) is 3.54. The van der Waals surface area contributed by atoms with E-state index in [0.717, 1.165) is 42.9 Å². The lowest BCUT2D eigenvalue weighted by atomic mass is 10.1. The molecular formula is C20H24N4O. The molecule has 0 amide bonds. The number of hydrogen-bond acceptors (Lipinski definition) is 4. The number of ether oxygens (including phenoxy) is 1. The third-order valence-corrected chi connectivity index (χ3v) is 5.00. The summed E-state index contributed by atoms with van der Waals surface area (Å²) in [6.45, 7) is 6.76. The number of likely N-dealkylation sites (tertiary alicyclic amines) is 1. The van der Waals surface area contributed by atoms with Gasteiger partial charge in [0.1, 0.15) is 18.2 Å². The molecule has 3 aromatic rings. The van der Waals surface area contributed by atoms with Crippen LogP contribution < -0.4 is 4.74 Å². The van der Waals surface area contributed by atoms with Crippen molar-refractivity contribution in [1.82, 2.24) is 19.4 Å². The fraction of sp³-hybridized carbons (Fsp3) is 0.400. The zero-order chi connectivity index (χ0) is 17.2. The molecule has 5 nitrogen and oxygen atoms in total. The summed E-state index contributed by atoms with van der Waals surface area (Å²) in [5.74, 6) is 0.956. The Labute approximate surface area is 148 Å². The van der Waals surface area contributed by atoms with Crippen LogP contribution in [0.5, 0.6) is 5.75 Å². The summed E-state index contributed by atoms with van der Waals surface area (Å²) >= 11 is 0. The van der Waals surface area contributed by atoms with Gasteiger partial charge in [0.2, 0.25) is 0 Å². The number of piperidine rings is 1. The van der Waals surface area contributed by atoms with Gasteiger partial charge in [-0.3, -0.25) is 0 Å². The highest BCUT2D eigenvalue weighted by molar-refractivity contribution is 5.83. The number of nitrogens with zero attached hydrogens (tertiary/aromatic N) is 4. The zero-order valence-corrected chi connectivity index (χ0v) is 14.8. The van der Waals surface area contributed by atoms with Crippen LogP contribution in [-0.2, 0) is 0 Å². The van der Waals surface area contributed by atoms with Gasteiger partial charge < -0.3 is 14.2 Å². The first-order valence-corrected chi connectivity index (χ1v) is 8.98. The number of hydrogen-bond donors (Lipinski definition) is 0. The molecule has 0 atom stereocenters. The summed E-state index contributed by atoms with van der Waals surface area (Å²) in [6.07, 6.45) is 9.74. The SMILES string of the molecule is CC(C)N1CCC(Oc2ccc3c(ccn3-c3cncnc3)c2)CC1. The van der Waals surface area contributed by atoms with Gasteiger partial charge in [-0.25, -0.2) is 9.97 Å². The molecule has 25 heavy (non-hydrogen) atoms. The highest BCUT2D eigenvalue weighted by Gasteiger charge is 2.22. The van der Waals surface area contributed by atoms with E-state index in [9.17, 15) is 0 Å². The van der Waals surface area contributed by atoms with Crippen LogP contribution in [0, 0.1) is 0 Å². The van der Waals surface area contributed by atoms with Crippen molar-refractivity contribution in [2.75, 3.05) is 13.1 Å². The summed E-state index contributed by atoms with van der Waals surface area (Å²) in [5.41, 5.74) is 2.10. The zero-order valence-electron chi connectivity index (χ0n) is 14.8. The maximum Gasteiger partial charge on any atom is 0.120 e. The molecule has 2 aromatic heterocycles. The van der Waals surface area contributed by atoms with Crippen LogP contribution in [0.25, 0.3) is 16.6 Å². The van der Waals surface area contributed by atoms with Gasteiger partial charge in [0.05, 0.1) is 23.6 Å². The predicted molar refractivity (Wildman–Crippen MR) is 99.2 cm³/mol. The van der Waals surface area contributed by atoms with E-state index in [0.29, 0.717) is 12.1 Å². The van der Waals surface area contributed by atoms with E-state index in [-0.39, 0.29) is 0 Å². The Morgan fingerprint density at radius 1 is 1.08 bits per heavy atom. The Morgan fingerprint density at radius 2 is 1.84 bits per heavy atom. The molecule has 0 aliphatic carbocycles. The van der Waals surface area contributed by atoms with Gasteiger partial charge in [-0.1, -0.05) is 0 Å². The van der Waals surface area contributed by atoms with Crippen molar-refractivity contribution in [3.8, 4) is 11.4 Å². The Hall–Kier alpha value is -2.40. The molecule has 3 heterocycles. The van der Waals surface area contributed by atoms with Crippen molar-refractivity contribution >= 4 is 10.9 Å². The van der Waals surface area contributed by atoms with Gasteiger partial charge in [-0.2, -0.15) is 0 Å². The minimum atomic E-state index is 0.317. The Morgan fingerprint density at radius 3 is 2.56 bits per heavy atom.